The highest BCUT2D eigenvalue weighted by molar-refractivity contribution is 5.76. The summed E-state index contributed by atoms with van der Waals surface area (Å²) < 4.78 is 40.2. The predicted molar refractivity (Wildman–Crippen MR) is 131 cm³/mol. The monoisotopic (exact) mass is 513 g/mol. The molecule has 0 atom stereocenters. The molecular weight excluding hydrogens is 484 g/mol. The molecular formula is C26H29F2N5O4. The van der Waals surface area contributed by atoms with Crippen molar-refractivity contribution in [2.45, 2.75) is 39.5 Å². The second-order valence-electron chi connectivity index (χ2n) is 9.65. The number of piperazine rings is 1. The molecule has 1 fully saturated rings. The molecule has 0 saturated carbocycles. The highest BCUT2D eigenvalue weighted by Gasteiger charge is 2.28. The molecule has 3 aromatic rings. The Hall–Kier alpha value is -4.02. The first-order valence-electron chi connectivity index (χ1n) is 11.9. The molecule has 0 radical (unpaired) electrons. The number of hydrogen-bond acceptors (Lipinski definition) is 6. The van der Waals surface area contributed by atoms with Gasteiger partial charge in [0, 0.05) is 37.8 Å². The molecule has 37 heavy (non-hydrogen) atoms. The number of aromatic nitrogens is 3. The average Bonchev–Trinajstić information content (AvgIpc) is 3.32. The summed E-state index contributed by atoms with van der Waals surface area (Å²) in [4.78, 5) is 29.2. The van der Waals surface area contributed by atoms with Crippen molar-refractivity contribution >= 4 is 12.0 Å². The number of benzene rings is 2. The molecule has 4 rings (SSSR count). The summed E-state index contributed by atoms with van der Waals surface area (Å²) in [6, 6.07) is 11.1. The number of carbonyl (C=O) groups is 2. The zero-order valence-corrected chi connectivity index (χ0v) is 21.0. The summed E-state index contributed by atoms with van der Waals surface area (Å²) in [5.74, 6) is -1.91. The number of hydrogen-bond donors (Lipinski definition) is 0. The Balaban J connectivity index is 1.34. The molecule has 0 aliphatic carbocycles. The second-order valence-corrected chi connectivity index (χ2v) is 9.65. The van der Waals surface area contributed by atoms with E-state index in [1.807, 2.05) is 30.3 Å². The summed E-state index contributed by atoms with van der Waals surface area (Å²) in [6.07, 6.45) is 0.861. The zero-order chi connectivity index (χ0) is 26.6. The standard InChI is InChI=1S/C26H29F2N5O4/c1-26(2,3)37-25(35)32-11-9-31(10-12-32)24(34)16-33-29-15-22(30-33)19-13-21(28)23(14-20(19)27)36-17-18-7-5-4-6-8-18/h4-8,13-15H,9-12,16-17H2,1-3H3. The molecule has 1 saturated heterocycles. The first-order valence-corrected chi connectivity index (χ1v) is 11.9. The van der Waals surface area contributed by atoms with Crippen molar-refractivity contribution in [2.24, 2.45) is 0 Å². The van der Waals surface area contributed by atoms with E-state index >= 15 is 0 Å². The van der Waals surface area contributed by atoms with Crippen LogP contribution in [0.15, 0.2) is 48.7 Å². The van der Waals surface area contributed by atoms with Crippen LogP contribution in [0, 0.1) is 11.6 Å². The van der Waals surface area contributed by atoms with E-state index in [9.17, 15) is 18.4 Å². The summed E-state index contributed by atoms with van der Waals surface area (Å²) in [5.41, 5.74) is 0.235. The lowest BCUT2D eigenvalue weighted by molar-refractivity contribution is -0.134. The van der Waals surface area contributed by atoms with Crippen molar-refractivity contribution in [3.8, 4) is 17.0 Å². The van der Waals surface area contributed by atoms with Gasteiger partial charge in [-0.1, -0.05) is 30.3 Å². The van der Waals surface area contributed by atoms with Crippen LogP contribution >= 0.6 is 0 Å². The van der Waals surface area contributed by atoms with Crippen LogP contribution in [0.5, 0.6) is 5.75 Å². The zero-order valence-electron chi connectivity index (χ0n) is 21.0. The van der Waals surface area contributed by atoms with E-state index in [1.165, 1.54) is 6.20 Å². The Morgan fingerprint density at radius 3 is 2.32 bits per heavy atom. The molecule has 0 bridgehead atoms. The number of carbonyl (C=O) groups excluding carboxylic acids is 2. The maximum atomic E-state index is 14.8. The fourth-order valence-corrected chi connectivity index (χ4v) is 3.75. The van der Waals surface area contributed by atoms with E-state index in [-0.39, 0.29) is 36.1 Å². The van der Waals surface area contributed by atoms with Gasteiger partial charge in [-0.05, 0) is 32.4 Å². The molecule has 1 aliphatic rings. The van der Waals surface area contributed by atoms with Crippen molar-refractivity contribution in [2.75, 3.05) is 26.2 Å². The minimum Gasteiger partial charge on any atom is -0.486 e. The van der Waals surface area contributed by atoms with Crippen LogP contribution < -0.4 is 4.74 Å². The van der Waals surface area contributed by atoms with Crippen molar-refractivity contribution in [3.05, 3.63) is 65.9 Å². The molecule has 196 valence electrons. The Bertz CT molecular complexity index is 1250. The van der Waals surface area contributed by atoms with E-state index in [0.717, 1.165) is 22.5 Å². The lowest BCUT2D eigenvalue weighted by atomic mass is 10.1. The van der Waals surface area contributed by atoms with Crippen LogP contribution in [-0.2, 0) is 22.7 Å². The highest BCUT2D eigenvalue weighted by Crippen LogP contribution is 2.28. The first kappa shape index (κ1) is 26.1. The van der Waals surface area contributed by atoms with Gasteiger partial charge in [0.1, 0.15) is 30.3 Å². The van der Waals surface area contributed by atoms with Gasteiger partial charge in [-0.2, -0.15) is 15.0 Å². The van der Waals surface area contributed by atoms with E-state index in [2.05, 4.69) is 10.2 Å². The van der Waals surface area contributed by atoms with Gasteiger partial charge in [-0.3, -0.25) is 4.79 Å². The molecule has 1 aliphatic heterocycles. The van der Waals surface area contributed by atoms with Crippen LogP contribution in [0.4, 0.5) is 13.6 Å². The third kappa shape index (κ3) is 6.81. The molecule has 1 aromatic heterocycles. The van der Waals surface area contributed by atoms with Gasteiger partial charge in [-0.25, -0.2) is 13.6 Å². The van der Waals surface area contributed by atoms with Crippen molar-refractivity contribution < 1.29 is 27.8 Å². The first-order chi connectivity index (χ1) is 17.6. The Labute approximate surface area is 213 Å². The van der Waals surface area contributed by atoms with Gasteiger partial charge in [0.05, 0.1) is 6.20 Å². The van der Waals surface area contributed by atoms with Gasteiger partial charge in [-0.15, -0.1) is 0 Å². The second kappa shape index (κ2) is 10.9. The number of rotatable bonds is 6. The molecule has 2 heterocycles. The van der Waals surface area contributed by atoms with Gasteiger partial charge < -0.3 is 19.3 Å². The molecule has 11 heteroatoms. The van der Waals surface area contributed by atoms with Crippen molar-refractivity contribution in [1.82, 2.24) is 24.8 Å². The smallest absolute Gasteiger partial charge is 0.410 e. The SMILES string of the molecule is CC(C)(C)OC(=O)N1CCN(C(=O)Cn2ncc(-c3cc(F)c(OCc4ccccc4)cc3F)n2)CC1. The summed E-state index contributed by atoms with van der Waals surface area (Å²) in [7, 11) is 0. The van der Waals surface area contributed by atoms with E-state index in [0.29, 0.717) is 26.2 Å². The average molecular weight is 514 g/mol. The van der Waals surface area contributed by atoms with Gasteiger partial charge in [0.15, 0.2) is 11.6 Å². The summed E-state index contributed by atoms with van der Waals surface area (Å²) in [6.45, 7) is 6.70. The summed E-state index contributed by atoms with van der Waals surface area (Å²) in [5, 5.41) is 8.18. The number of halogens is 2. The third-order valence-electron chi connectivity index (χ3n) is 5.63. The van der Waals surface area contributed by atoms with Gasteiger partial charge in [0.25, 0.3) is 0 Å². The quantitative estimate of drug-likeness (QED) is 0.497. The maximum absolute atomic E-state index is 14.8. The fraction of sp³-hybridized carbons (Fsp3) is 0.385. The van der Waals surface area contributed by atoms with Crippen LogP contribution in [0.25, 0.3) is 11.3 Å². The van der Waals surface area contributed by atoms with E-state index < -0.39 is 23.3 Å². The minimum absolute atomic E-state index is 0.0887. The molecule has 2 aromatic carbocycles. The van der Waals surface area contributed by atoms with E-state index in [1.54, 1.807) is 30.6 Å². The fourth-order valence-electron chi connectivity index (χ4n) is 3.75. The predicted octanol–water partition coefficient (Wildman–Crippen LogP) is 3.88. The number of nitrogens with zero attached hydrogens (tertiary/aromatic N) is 5. The number of ether oxygens (including phenoxy) is 2. The molecule has 9 nitrogen and oxygen atoms in total. The Morgan fingerprint density at radius 2 is 1.65 bits per heavy atom. The molecule has 0 spiro atoms. The number of amides is 2. The Kier molecular flexibility index (Phi) is 7.70. The Morgan fingerprint density at radius 1 is 0.973 bits per heavy atom. The van der Waals surface area contributed by atoms with Crippen molar-refractivity contribution in [1.29, 1.82) is 0 Å². The van der Waals surface area contributed by atoms with Crippen LogP contribution in [-0.4, -0.2) is 68.6 Å². The molecule has 0 N–H and O–H groups in total. The van der Waals surface area contributed by atoms with Crippen LogP contribution in [0.2, 0.25) is 0 Å². The largest absolute Gasteiger partial charge is 0.486 e. The van der Waals surface area contributed by atoms with Gasteiger partial charge >= 0.3 is 6.09 Å². The molecule has 2 amide bonds. The lowest BCUT2D eigenvalue weighted by Gasteiger charge is -2.35. The summed E-state index contributed by atoms with van der Waals surface area (Å²) >= 11 is 0. The normalized spacial score (nSPS) is 14.0. The lowest BCUT2D eigenvalue weighted by Crippen LogP contribution is -2.52. The maximum Gasteiger partial charge on any atom is 0.410 e. The van der Waals surface area contributed by atoms with Crippen molar-refractivity contribution in [3.63, 3.8) is 0 Å². The highest BCUT2D eigenvalue weighted by atomic mass is 19.1. The van der Waals surface area contributed by atoms with E-state index in [4.69, 9.17) is 9.47 Å². The minimum atomic E-state index is -0.735. The van der Waals surface area contributed by atoms with Gasteiger partial charge in [0.2, 0.25) is 5.91 Å². The van der Waals surface area contributed by atoms with Crippen LogP contribution in [0.3, 0.4) is 0 Å². The third-order valence-corrected chi connectivity index (χ3v) is 5.63. The van der Waals surface area contributed by atoms with Crippen LogP contribution in [0.1, 0.15) is 26.3 Å². The molecule has 0 unspecified atom stereocenters. The topological polar surface area (TPSA) is 89.8 Å².